The summed E-state index contributed by atoms with van der Waals surface area (Å²) in [7, 11) is 0. The van der Waals surface area contributed by atoms with Crippen LogP contribution in [0.2, 0.25) is 0 Å². The van der Waals surface area contributed by atoms with Crippen LogP contribution in [0.1, 0.15) is 45.4 Å². The summed E-state index contributed by atoms with van der Waals surface area (Å²) >= 11 is 5.04. The van der Waals surface area contributed by atoms with Crippen LogP contribution in [-0.4, -0.2) is 42.1 Å². The standard InChI is InChI=1S/C14H26N2O2S/c1-2-18-13(17)6-4-3-5-9-16-10-7-12(8-11-16)14(15)19/h12H,2-11H2,1H3,(H2,15,19). The molecule has 2 N–H and O–H groups in total. The molecule has 110 valence electrons. The fourth-order valence-corrected chi connectivity index (χ4v) is 2.69. The molecule has 0 atom stereocenters. The second-order valence-corrected chi connectivity index (χ2v) is 5.61. The van der Waals surface area contributed by atoms with E-state index in [1.807, 2.05) is 6.92 Å². The molecule has 1 saturated heterocycles. The Kier molecular flexibility index (Phi) is 7.98. The van der Waals surface area contributed by atoms with Crippen molar-refractivity contribution in [2.45, 2.75) is 45.4 Å². The number of nitrogens with zero attached hydrogens (tertiary/aromatic N) is 1. The number of hydrogen-bond acceptors (Lipinski definition) is 4. The molecule has 0 spiro atoms. The molecular formula is C14H26N2O2S. The van der Waals surface area contributed by atoms with Gasteiger partial charge in [-0.15, -0.1) is 0 Å². The second kappa shape index (κ2) is 9.26. The van der Waals surface area contributed by atoms with Crippen LogP contribution in [0.5, 0.6) is 0 Å². The van der Waals surface area contributed by atoms with Crippen LogP contribution < -0.4 is 5.73 Å². The van der Waals surface area contributed by atoms with E-state index in [0.29, 0.717) is 23.9 Å². The number of esters is 1. The van der Waals surface area contributed by atoms with Gasteiger partial charge in [0.25, 0.3) is 0 Å². The van der Waals surface area contributed by atoms with Crippen molar-refractivity contribution < 1.29 is 9.53 Å². The van der Waals surface area contributed by atoms with Crippen LogP contribution in [0.25, 0.3) is 0 Å². The van der Waals surface area contributed by atoms with Crippen molar-refractivity contribution >= 4 is 23.2 Å². The molecule has 0 aromatic carbocycles. The van der Waals surface area contributed by atoms with E-state index >= 15 is 0 Å². The minimum absolute atomic E-state index is 0.0697. The number of piperidine rings is 1. The van der Waals surface area contributed by atoms with Crippen molar-refractivity contribution in [2.24, 2.45) is 11.7 Å². The summed E-state index contributed by atoms with van der Waals surface area (Å²) in [5, 5.41) is 0. The third-order valence-electron chi connectivity index (χ3n) is 3.65. The number of likely N-dealkylation sites (tertiary alicyclic amines) is 1. The summed E-state index contributed by atoms with van der Waals surface area (Å²) in [6, 6.07) is 0. The van der Waals surface area contributed by atoms with Gasteiger partial charge in [-0.3, -0.25) is 4.79 Å². The quantitative estimate of drug-likeness (QED) is 0.421. The van der Waals surface area contributed by atoms with Crippen LogP contribution in [0.4, 0.5) is 0 Å². The molecule has 0 aliphatic carbocycles. The second-order valence-electron chi connectivity index (χ2n) is 5.13. The minimum Gasteiger partial charge on any atom is -0.466 e. The number of nitrogens with two attached hydrogens (primary N) is 1. The molecule has 0 aromatic heterocycles. The summed E-state index contributed by atoms with van der Waals surface area (Å²) in [5.74, 6) is 0.370. The summed E-state index contributed by atoms with van der Waals surface area (Å²) < 4.78 is 4.90. The van der Waals surface area contributed by atoms with Gasteiger partial charge in [0.15, 0.2) is 0 Å². The zero-order valence-electron chi connectivity index (χ0n) is 11.9. The van der Waals surface area contributed by atoms with E-state index < -0.39 is 0 Å². The highest BCUT2D eigenvalue weighted by Gasteiger charge is 2.20. The molecule has 4 nitrogen and oxygen atoms in total. The van der Waals surface area contributed by atoms with E-state index in [4.69, 9.17) is 22.7 Å². The van der Waals surface area contributed by atoms with E-state index in [1.165, 1.54) is 0 Å². The SMILES string of the molecule is CCOC(=O)CCCCCN1CCC(C(N)=S)CC1. The van der Waals surface area contributed by atoms with Crippen LogP contribution in [0.3, 0.4) is 0 Å². The number of hydrogen-bond donors (Lipinski definition) is 1. The first-order valence-electron chi connectivity index (χ1n) is 7.30. The predicted molar refractivity (Wildman–Crippen MR) is 81.1 cm³/mol. The molecule has 1 aliphatic rings. The lowest BCUT2D eigenvalue weighted by Gasteiger charge is -2.31. The summed E-state index contributed by atoms with van der Waals surface area (Å²) in [4.78, 5) is 14.3. The van der Waals surface area contributed by atoms with Crippen molar-refractivity contribution in [1.82, 2.24) is 4.90 Å². The number of unbranched alkanes of at least 4 members (excludes halogenated alkanes) is 2. The van der Waals surface area contributed by atoms with Crippen LogP contribution in [0.15, 0.2) is 0 Å². The first-order valence-corrected chi connectivity index (χ1v) is 7.71. The Morgan fingerprint density at radius 1 is 1.32 bits per heavy atom. The Hall–Kier alpha value is -0.680. The normalized spacial score (nSPS) is 17.3. The van der Waals surface area contributed by atoms with Crippen molar-refractivity contribution in [1.29, 1.82) is 0 Å². The van der Waals surface area contributed by atoms with Crippen LogP contribution >= 0.6 is 12.2 Å². The van der Waals surface area contributed by atoms with Gasteiger partial charge in [0, 0.05) is 12.3 Å². The lowest BCUT2D eigenvalue weighted by Crippen LogP contribution is -2.38. The molecule has 1 fully saturated rings. The highest BCUT2D eigenvalue weighted by atomic mass is 32.1. The molecule has 0 aromatic rings. The third kappa shape index (κ3) is 6.87. The van der Waals surface area contributed by atoms with E-state index in [-0.39, 0.29) is 5.97 Å². The first kappa shape index (κ1) is 16.4. The molecule has 1 heterocycles. The van der Waals surface area contributed by atoms with Crippen LogP contribution in [0, 0.1) is 5.92 Å². The Bertz CT molecular complexity index is 289. The number of thiocarbonyl (C=S) groups is 1. The van der Waals surface area contributed by atoms with Gasteiger partial charge in [0.05, 0.1) is 11.6 Å². The average Bonchev–Trinajstić information content (AvgIpc) is 2.39. The third-order valence-corrected chi connectivity index (χ3v) is 3.98. The zero-order valence-corrected chi connectivity index (χ0v) is 12.7. The van der Waals surface area contributed by atoms with E-state index in [0.717, 1.165) is 51.7 Å². The molecule has 19 heavy (non-hydrogen) atoms. The number of carbonyl (C=O) groups excluding carboxylic acids is 1. The van der Waals surface area contributed by atoms with Crippen molar-refractivity contribution in [2.75, 3.05) is 26.2 Å². The maximum atomic E-state index is 11.2. The largest absolute Gasteiger partial charge is 0.466 e. The maximum absolute atomic E-state index is 11.2. The maximum Gasteiger partial charge on any atom is 0.305 e. The summed E-state index contributed by atoms with van der Waals surface area (Å²) in [6.45, 7) is 5.64. The molecule has 0 bridgehead atoms. The minimum atomic E-state index is -0.0697. The molecule has 0 unspecified atom stereocenters. The fourth-order valence-electron chi connectivity index (χ4n) is 2.46. The van der Waals surface area contributed by atoms with Gasteiger partial charge in [-0.05, 0) is 52.2 Å². The van der Waals surface area contributed by atoms with Gasteiger partial charge >= 0.3 is 5.97 Å². The van der Waals surface area contributed by atoms with Gasteiger partial charge in [0.2, 0.25) is 0 Å². The molecule has 0 saturated carbocycles. The summed E-state index contributed by atoms with van der Waals surface area (Å²) in [6.07, 6.45) is 5.92. The molecule has 1 aliphatic heterocycles. The molecular weight excluding hydrogens is 260 g/mol. The lowest BCUT2D eigenvalue weighted by atomic mass is 9.97. The predicted octanol–water partition coefficient (Wildman–Crippen LogP) is 2.11. The van der Waals surface area contributed by atoms with Gasteiger partial charge in [-0.2, -0.15) is 0 Å². The summed E-state index contributed by atoms with van der Waals surface area (Å²) in [5.41, 5.74) is 5.67. The van der Waals surface area contributed by atoms with Crippen LogP contribution in [-0.2, 0) is 9.53 Å². The molecule has 5 heteroatoms. The van der Waals surface area contributed by atoms with Crippen molar-refractivity contribution in [3.05, 3.63) is 0 Å². The number of rotatable bonds is 8. The van der Waals surface area contributed by atoms with Crippen molar-refractivity contribution in [3.63, 3.8) is 0 Å². The van der Waals surface area contributed by atoms with E-state index in [1.54, 1.807) is 0 Å². The van der Waals surface area contributed by atoms with Crippen molar-refractivity contribution in [3.8, 4) is 0 Å². The topological polar surface area (TPSA) is 55.6 Å². The average molecular weight is 286 g/mol. The van der Waals surface area contributed by atoms with Gasteiger partial charge in [-0.1, -0.05) is 18.6 Å². The number of carbonyl (C=O) groups is 1. The molecule has 0 radical (unpaired) electrons. The lowest BCUT2D eigenvalue weighted by molar-refractivity contribution is -0.143. The number of ether oxygens (including phenoxy) is 1. The fraction of sp³-hybridized carbons (Fsp3) is 0.857. The van der Waals surface area contributed by atoms with Gasteiger partial charge in [-0.25, -0.2) is 0 Å². The van der Waals surface area contributed by atoms with Gasteiger partial charge in [0.1, 0.15) is 0 Å². The van der Waals surface area contributed by atoms with Gasteiger partial charge < -0.3 is 15.4 Å². The molecule has 1 rings (SSSR count). The first-order chi connectivity index (χ1) is 9.13. The highest BCUT2D eigenvalue weighted by Crippen LogP contribution is 2.17. The Morgan fingerprint density at radius 3 is 2.58 bits per heavy atom. The monoisotopic (exact) mass is 286 g/mol. The van der Waals surface area contributed by atoms with E-state index in [2.05, 4.69) is 4.90 Å². The highest BCUT2D eigenvalue weighted by molar-refractivity contribution is 7.80. The Morgan fingerprint density at radius 2 is 2.00 bits per heavy atom. The van der Waals surface area contributed by atoms with E-state index in [9.17, 15) is 4.79 Å². The molecule has 0 amide bonds. The zero-order chi connectivity index (χ0) is 14.1. The smallest absolute Gasteiger partial charge is 0.305 e. The Balaban J connectivity index is 1.99. The Labute approximate surface area is 121 Å².